The van der Waals surface area contributed by atoms with Gasteiger partial charge in [0.05, 0.1) is 6.10 Å². The Balaban J connectivity index is 1.93. The van der Waals surface area contributed by atoms with Crippen molar-refractivity contribution in [2.75, 3.05) is 5.75 Å². The molecule has 0 fully saturated rings. The zero-order valence-corrected chi connectivity index (χ0v) is 11.8. The van der Waals surface area contributed by atoms with E-state index in [4.69, 9.17) is 11.6 Å². The van der Waals surface area contributed by atoms with Gasteiger partial charge in [0.1, 0.15) is 5.82 Å². The number of halogens is 2. The average Bonchev–Trinajstić information content (AvgIpc) is 2.42. The Morgan fingerprint density at radius 2 is 1.84 bits per heavy atom. The molecule has 0 amide bonds. The maximum absolute atomic E-state index is 13.6. The first-order chi connectivity index (χ1) is 9.16. The molecule has 0 aromatic heterocycles. The van der Waals surface area contributed by atoms with E-state index < -0.39 is 6.10 Å². The standard InChI is InChI=1S/C15H14ClFOS/c16-14-7-4-8-15(17)13(14)9-11(18)10-19-12-5-2-1-3-6-12/h1-8,11,18H,9-10H2. The lowest BCUT2D eigenvalue weighted by atomic mass is 10.1. The second-order valence-electron chi connectivity index (χ2n) is 4.18. The van der Waals surface area contributed by atoms with E-state index in [1.807, 2.05) is 30.3 Å². The van der Waals surface area contributed by atoms with Gasteiger partial charge < -0.3 is 5.11 Å². The van der Waals surface area contributed by atoms with Crippen LogP contribution in [0.3, 0.4) is 0 Å². The van der Waals surface area contributed by atoms with Gasteiger partial charge >= 0.3 is 0 Å². The normalized spacial score (nSPS) is 12.4. The molecule has 1 atom stereocenters. The van der Waals surface area contributed by atoms with Crippen molar-refractivity contribution in [3.05, 3.63) is 64.9 Å². The number of rotatable bonds is 5. The Morgan fingerprint density at radius 3 is 2.53 bits per heavy atom. The maximum Gasteiger partial charge on any atom is 0.127 e. The number of aliphatic hydroxyl groups excluding tert-OH is 1. The van der Waals surface area contributed by atoms with Gasteiger partial charge in [0.2, 0.25) is 0 Å². The Kier molecular flexibility index (Phi) is 5.25. The van der Waals surface area contributed by atoms with Crippen molar-refractivity contribution >= 4 is 23.4 Å². The Labute approximate surface area is 121 Å². The molecular formula is C15H14ClFOS. The van der Waals surface area contributed by atoms with Crippen LogP contribution >= 0.6 is 23.4 Å². The summed E-state index contributed by atoms with van der Waals surface area (Å²) >= 11 is 7.48. The molecule has 4 heteroatoms. The molecular weight excluding hydrogens is 283 g/mol. The highest BCUT2D eigenvalue weighted by atomic mass is 35.5. The molecule has 0 heterocycles. The minimum Gasteiger partial charge on any atom is -0.392 e. The molecule has 0 aliphatic heterocycles. The minimum atomic E-state index is -0.625. The first-order valence-electron chi connectivity index (χ1n) is 5.95. The molecule has 0 radical (unpaired) electrons. The predicted octanol–water partition coefficient (Wildman–Crippen LogP) is 4.17. The van der Waals surface area contributed by atoms with Gasteiger partial charge in [-0.05, 0) is 24.3 Å². The topological polar surface area (TPSA) is 20.2 Å². The van der Waals surface area contributed by atoms with Crippen molar-refractivity contribution in [1.82, 2.24) is 0 Å². The third-order valence-electron chi connectivity index (χ3n) is 2.69. The fourth-order valence-corrected chi connectivity index (χ4v) is 2.82. The first-order valence-corrected chi connectivity index (χ1v) is 7.32. The summed E-state index contributed by atoms with van der Waals surface area (Å²) in [6.45, 7) is 0. The van der Waals surface area contributed by atoms with Crippen LogP contribution in [0.2, 0.25) is 5.02 Å². The summed E-state index contributed by atoms with van der Waals surface area (Å²) in [6, 6.07) is 14.4. The Morgan fingerprint density at radius 1 is 1.11 bits per heavy atom. The van der Waals surface area contributed by atoms with Gasteiger partial charge in [0.25, 0.3) is 0 Å². The van der Waals surface area contributed by atoms with E-state index in [0.29, 0.717) is 16.3 Å². The van der Waals surface area contributed by atoms with Crippen LogP contribution in [0.4, 0.5) is 4.39 Å². The Bertz CT molecular complexity index is 513. The lowest BCUT2D eigenvalue weighted by Gasteiger charge is -2.12. The summed E-state index contributed by atoms with van der Waals surface area (Å²) in [5, 5.41) is 10.3. The second kappa shape index (κ2) is 6.94. The number of thioether (sulfide) groups is 1. The third kappa shape index (κ3) is 4.23. The van der Waals surface area contributed by atoms with Crippen LogP contribution in [0.1, 0.15) is 5.56 Å². The molecule has 1 N–H and O–H groups in total. The van der Waals surface area contributed by atoms with Crippen molar-refractivity contribution in [1.29, 1.82) is 0 Å². The summed E-state index contributed by atoms with van der Waals surface area (Å²) in [6.07, 6.45) is -0.398. The molecule has 0 aliphatic rings. The van der Waals surface area contributed by atoms with E-state index in [-0.39, 0.29) is 12.2 Å². The fourth-order valence-electron chi connectivity index (χ4n) is 1.73. The molecule has 0 saturated heterocycles. The summed E-state index contributed by atoms with van der Waals surface area (Å²) in [7, 11) is 0. The average molecular weight is 297 g/mol. The lowest BCUT2D eigenvalue weighted by Crippen LogP contribution is -2.14. The van der Waals surface area contributed by atoms with E-state index in [0.717, 1.165) is 4.90 Å². The number of hydrogen-bond donors (Lipinski definition) is 1. The van der Waals surface area contributed by atoms with Crippen LogP contribution in [0.25, 0.3) is 0 Å². The third-order valence-corrected chi connectivity index (χ3v) is 4.20. The molecule has 19 heavy (non-hydrogen) atoms. The summed E-state index contributed by atoms with van der Waals surface area (Å²) < 4.78 is 13.6. The minimum absolute atomic E-state index is 0.228. The van der Waals surface area contributed by atoms with E-state index in [1.165, 1.54) is 6.07 Å². The summed E-state index contributed by atoms with van der Waals surface area (Å²) in [5.41, 5.74) is 0.380. The smallest absolute Gasteiger partial charge is 0.127 e. The first kappa shape index (κ1) is 14.4. The summed E-state index contributed by atoms with van der Waals surface area (Å²) in [4.78, 5) is 1.08. The van der Waals surface area contributed by atoms with Crippen molar-refractivity contribution in [2.45, 2.75) is 17.4 Å². The lowest BCUT2D eigenvalue weighted by molar-refractivity contribution is 0.199. The van der Waals surface area contributed by atoms with Crippen LogP contribution in [0.15, 0.2) is 53.4 Å². The van der Waals surface area contributed by atoms with Crippen molar-refractivity contribution in [2.24, 2.45) is 0 Å². The van der Waals surface area contributed by atoms with Crippen LogP contribution in [0, 0.1) is 5.82 Å². The SMILES string of the molecule is OC(CSc1ccccc1)Cc1c(F)cccc1Cl. The highest BCUT2D eigenvalue weighted by Gasteiger charge is 2.13. The van der Waals surface area contributed by atoms with Gasteiger partial charge in [-0.25, -0.2) is 4.39 Å². The van der Waals surface area contributed by atoms with E-state index in [9.17, 15) is 9.50 Å². The van der Waals surface area contributed by atoms with E-state index >= 15 is 0 Å². The van der Waals surface area contributed by atoms with Crippen LogP contribution < -0.4 is 0 Å². The predicted molar refractivity (Wildman–Crippen MR) is 78.3 cm³/mol. The van der Waals surface area contributed by atoms with Gasteiger partial charge in [-0.15, -0.1) is 11.8 Å². The molecule has 100 valence electrons. The molecule has 0 spiro atoms. The fraction of sp³-hybridized carbons (Fsp3) is 0.200. The van der Waals surface area contributed by atoms with Crippen molar-refractivity contribution in [3.63, 3.8) is 0 Å². The van der Waals surface area contributed by atoms with Crippen LogP contribution in [-0.2, 0) is 6.42 Å². The zero-order valence-electron chi connectivity index (χ0n) is 10.2. The van der Waals surface area contributed by atoms with Crippen molar-refractivity contribution < 1.29 is 9.50 Å². The molecule has 0 aliphatic carbocycles. The zero-order chi connectivity index (χ0) is 13.7. The van der Waals surface area contributed by atoms with Crippen LogP contribution in [-0.4, -0.2) is 17.0 Å². The highest BCUT2D eigenvalue weighted by molar-refractivity contribution is 7.99. The molecule has 1 unspecified atom stereocenters. The van der Waals surface area contributed by atoms with E-state index in [2.05, 4.69) is 0 Å². The molecule has 0 bridgehead atoms. The number of hydrogen-bond acceptors (Lipinski definition) is 2. The van der Waals surface area contributed by atoms with Gasteiger partial charge in [-0.3, -0.25) is 0 Å². The second-order valence-corrected chi connectivity index (χ2v) is 5.68. The quantitative estimate of drug-likeness (QED) is 0.836. The van der Waals surface area contributed by atoms with Gasteiger partial charge in [0.15, 0.2) is 0 Å². The molecule has 2 rings (SSSR count). The van der Waals surface area contributed by atoms with Crippen LogP contribution in [0.5, 0.6) is 0 Å². The van der Waals surface area contributed by atoms with Gasteiger partial charge in [0, 0.05) is 27.7 Å². The van der Waals surface area contributed by atoms with E-state index in [1.54, 1.807) is 23.9 Å². The monoisotopic (exact) mass is 296 g/mol. The molecule has 2 aromatic carbocycles. The number of benzene rings is 2. The largest absolute Gasteiger partial charge is 0.392 e. The Hall–Kier alpha value is -1.03. The molecule has 1 nitrogen and oxygen atoms in total. The molecule has 0 saturated carbocycles. The number of aliphatic hydroxyl groups is 1. The summed E-state index contributed by atoms with van der Waals surface area (Å²) in [5.74, 6) is 0.144. The highest BCUT2D eigenvalue weighted by Crippen LogP contribution is 2.23. The van der Waals surface area contributed by atoms with Gasteiger partial charge in [-0.1, -0.05) is 35.9 Å². The van der Waals surface area contributed by atoms with Crippen molar-refractivity contribution in [3.8, 4) is 0 Å². The van der Waals surface area contributed by atoms with Gasteiger partial charge in [-0.2, -0.15) is 0 Å². The maximum atomic E-state index is 13.6. The molecule has 2 aromatic rings.